The normalized spacial score (nSPS) is 11.3. The number of benzene rings is 2. The number of hydrogen-bond donors (Lipinski definition) is 3. The molecular weight excluding hydrogens is 476 g/mol. The number of H-pyrrole nitrogens is 2. The highest BCUT2D eigenvalue weighted by Gasteiger charge is 2.21. The topological polar surface area (TPSA) is 112 Å². The molecule has 0 aliphatic rings. The number of carbonyl (C=O) groups is 1. The Morgan fingerprint density at radius 2 is 1.84 bits per heavy atom. The van der Waals surface area contributed by atoms with Crippen molar-refractivity contribution >= 4 is 33.7 Å². The Morgan fingerprint density at radius 3 is 2.65 bits per heavy atom. The fourth-order valence-corrected chi connectivity index (χ4v) is 4.26. The van der Waals surface area contributed by atoms with E-state index < -0.39 is 5.82 Å². The van der Waals surface area contributed by atoms with Crippen molar-refractivity contribution in [1.82, 2.24) is 30.1 Å². The lowest BCUT2D eigenvalue weighted by Crippen LogP contribution is -2.09. The number of aromatic nitrogens is 6. The molecule has 6 rings (SSSR count). The first-order valence-corrected chi connectivity index (χ1v) is 11.5. The van der Waals surface area contributed by atoms with Crippen LogP contribution in [0.3, 0.4) is 0 Å². The first-order chi connectivity index (χ1) is 18.0. The van der Waals surface area contributed by atoms with Crippen molar-refractivity contribution < 1.29 is 13.6 Å². The van der Waals surface area contributed by atoms with Gasteiger partial charge < -0.3 is 10.3 Å². The third kappa shape index (κ3) is 3.98. The van der Waals surface area contributed by atoms with Crippen LogP contribution in [0.5, 0.6) is 0 Å². The van der Waals surface area contributed by atoms with E-state index in [1.165, 1.54) is 24.5 Å². The number of hydrogen-bond acceptors (Lipinski definition) is 5. The molecule has 4 heterocycles. The molecule has 6 aromatic rings. The zero-order valence-corrected chi connectivity index (χ0v) is 19.5. The Balaban J connectivity index is 1.46. The van der Waals surface area contributed by atoms with E-state index in [1.54, 1.807) is 49.5 Å². The molecule has 0 unspecified atom stereocenters. The maximum Gasteiger partial charge on any atom is 0.224 e. The number of imidazole rings is 1. The van der Waals surface area contributed by atoms with Crippen molar-refractivity contribution in [2.45, 2.75) is 13.3 Å². The molecule has 0 atom stereocenters. The van der Waals surface area contributed by atoms with Gasteiger partial charge in [0.2, 0.25) is 5.91 Å². The van der Waals surface area contributed by atoms with Gasteiger partial charge in [0.1, 0.15) is 22.8 Å². The number of fused-ring (bicyclic) bond motifs is 2. The van der Waals surface area contributed by atoms with Crippen molar-refractivity contribution in [3.05, 3.63) is 78.8 Å². The third-order valence-corrected chi connectivity index (χ3v) is 6.09. The number of carbonyl (C=O) groups excluding carboxylic acids is 1. The van der Waals surface area contributed by atoms with E-state index in [0.29, 0.717) is 51.4 Å². The minimum Gasteiger partial charge on any atom is -0.325 e. The van der Waals surface area contributed by atoms with Crippen LogP contribution in [-0.2, 0) is 4.79 Å². The molecular formula is C27H19F2N7O. The zero-order valence-electron chi connectivity index (χ0n) is 19.5. The summed E-state index contributed by atoms with van der Waals surface area (Å²) in [7, 11) is 0. The summed E-state index contributed by atoms with van der Waals surface area (Å²) in [6.45, 7) is 1.75. The van der Waals surface area contributed by atoms with Crippen molar-refractivity contribution in [1.29, 1.82) is 0 Å². The van der Waals surface area contributed by atoms with Gasteiger partial charge in [0.15, 0.2) is 11.5 Å². The van der Waals surface area contributed by atoms with Gasteiger partial charge >= 0.3 is 0 Å². The number of aromatic amines is 2. The van der Waals surface area contributed by atoms with Gasteiger partial charge in [0.25, 0.3) is 0 Å². The van der Waals surface area contributed by atoms with E-state index >= 15 is 4.39 Å². The molecule has 0 aliphatic heterocycles. The van der Waals surface area contributed by atoms with Gasteiger partial charge in [-0.25, -0.2) is 18.7 Å². The van der Waals surface area contributed by atoms with Crippen molar-refractivity contribution in [3.63, 3.8) is 0 Å². The molecule has 0 radical (unpaired) electrons. The molecule has 1 amide bonds. The molecule has 37 heavy (non-hydrogen) atoms. The molecule has 0 aliphatic carbocycles. The Bertz CT molecular complexity index is 1790. The van der Waals surface area contributed by atoms with Gasteiger partial charge in [-0.2, -0.15) is 5.10 Å². The molecule has 3 N–H and O–H groups in total. The van der Waals surface area contributed by atoms with Crippen LogP contribution in [0.1, 0.15) is 13.3 Å². The van der Waals surface area contributed by atoms with Crippen LogP contribution in [0.25, 0.3) is 55.8 Å². The standard InChI is InChI=1S/C27H19F2N7O/c1-2-21(37)32-17-11-15(12-30-13-17)18-7-8-20-22(23(18)29)25(36-35-20)27-33-24-19(9-10-31-26(24)34-27)14-3-5-16(28)6-4-14/h3-13H,2H2,1H3,(H,32,37)(H,35,36)(H,31,33,34). The number of anilines is 1. The number of pyridine rings is 2. The van der Waals surface area contributed by atoms with E-state index in [0.717, 1.165) is 11.1 Å². The molecule has 10 heteroatoms. The highest BCUT2D eigenvalue weighted by atomic mass is 19.1. The van der Waals surface area contributed by atoms with Gasteiger partial charge in [0, 0.05) is 35.5 Å². The lowest BCUT2D eigenvalue weighted by atomic mass is 10.0. The summed E-state index contributed by atoms with van der Waals surface area (Å²) in [5.41, 5.74) is 4.65. The average molecular weight is 495 g/mol. The average Bonchev–Trinajstić information content (AvgIpc) is 3.54. The minimum atomic E-state index is -0.505. The minimum absolute atomic E-state index is 0.162. The Labute approximate surface area is 208 Å². The molecule has 8 nitrogen and oxygen atoms in total. The molecule has 0 saturated heterocycles. The number of rotatable bonds is 5. The van der Waals surface area contributed by atoms with Gasteiger partial charge in [-0.3, -0.25) is 14.9 Å². The molecule has 0 spiro atoms. The first kappa shape index (κ1) is 22.5. The predicted molar refractivity (Wildman–Crippen MR) is 136 cm³/mol. The molecule has 2 aromatic carbocycles. The summed E-state index contributed by atoms with van der Waals surface area (Å²) in [4.78, 5) is 28.1. The number of nitrogens with one attached hydrogen (secondary N) is 3. The fourth-order valence-electron chi connectivity index (χ4n) is 4.26. The van der Waals surface area contributed by atoms with Gasteiger partial charge in [-0.15, -0.1) is 0 Å². The maximum absolute atomic E-state index is 16.0. The van der Waals surface area contributed by atoms with Crippen LogP contribution in [-0.4, -0.2) is 36.0 Å². The van der Waals surface area contributed by atoms with Gasteiger partial charge in [-0.1, -0.05) is 19.1 Å². The maximum atomic E-state index is 16.0. The lowest BCUT2D eigenvalue weighted by Gasteiger charge is -2.08. The quantitative estimate of drug-likeness (QED) is 0.277. The summed E-state index contributed by atoms with van der Waals surface area (Å²) in [6, 6.07) is 12.9. The Morgan fingerprint density at radius 1 is 1.00 bits per heavy atom. The highest BCUT2D eigenvalue weighted by Crippen LogP contribution is 2.35. The van der Waals surface area contributed by atoms with E-state index in [9.17, 15) is 9.18 Å². The van der Waals surface area contributed by atoms with E-state index in [-0.39, 0.29) is 17.1 Å². The van der Waals surface area contributed by atoms with E-state index in [4.69, 9.17) is 0 Å². The lowest BCUT2D eigenvalue weighted by molar-refractivity contribution is -0.115. The molecule has 182 valence electrons. The largest absolute Gasteiger partial charge is 0.325 e. The molecule has 0 bridgehead atoms. The SMILES string of the molecule is CCC(=O)Nc1cncc(-c2ccc3[nH]nc(-c4nc5c(-c6ccc(F)cc6)ccnc5[nH]4)c3c2F)c1. The smallest absolute Gasteiger partial charge is 0.224 e. The van der Waals surface area contributed by atoms with Crippen molar-refractivity contribution in [2.75, 3.05) is 5.32 Å². The van der Waals surface area contributed by atoms with Crippen LogP contribution in [0.4, 0.5) is 14.5 Å². The number of amides is 1. The van der Waals surface area contributed by atoms with Crippen LogP contribution >= 0.6 is 0 Å². The predicted octanol–water partition coefficient (Wildman–Crippen LogP) is 5.86. The fraction of sp³-hybridized carbons (Fsp3) is 0.0741. The third-order valence-electron chi connectivity index (χ3n) is 6.09. The van der Waals surface area contributed by atoms with Crippen LogP contribution < -0.4 is 5.32 Å². The summed E-state index contributed by atoms with van der Waals surface area (Å²) >= 11 is 0. The van der Waals surface area contributed by atoms with Gasteiger partial charge in [-0.05, 0) is 42.0 Å². The summed E-state index contributed by atoms with van der Waals surface area (Å²) in [5, 5.41) is 10.2. The van der Waals surface area contributed by atoms with Crippen LogP contribution in [0.2, 0.25) is 0 Å². The van der Waals surface area contributed by atoms with Crippen LogP contribution in [0.15, 0.2) is 67.1 Å². The second-order valence-electron chi connectivity index (χ2n) is 8.43. The zero-order chi connectivity index (χ0) is 25.5. The van der Waals surface area contributed by atoms with Crippen LogP contribution in [0, 0.1) is 11.6 Å². The van der Waals surface area contributed by atoms with Gasteiger partial charge in [0.05, 0.1) is 22.8 Å². The second kappa shape index (κ2) is 8.90. The van der Waals surface area contributed by atoms with E-state index in [1.807, 2.05) is 0 Å². The Kier molecular flexibility index (Phi) is 5.41. The molecule has 0 saturated carbocycles. The molecule has 0 fully saturated rings. The van der Waals surface area contributed by atoms with Crippen molar-refractivity contribution in [2.24, 2.45) is 0 Å². The monoisotopic (exact) mass is 495 g/mol. The highest BCUT2D eigenvalue weighted by molar-refractivity contribution is 5.98. The number of nitrogens with zero attached hydrogens (tertiary/aromatic N) is 4. The summed E-state index contributed by atoms with van der Waals surface area (Å²) < 4.78 is 29.4. The molecule has 4 aromatic heterocycles. The Hall–Kier alpha value is -4.99. The van der Waals surface area contributed by atoms with E-state index in [2.05, 4.69) is 35.5 Å². The first-order valence-electron chi connectivity index (χ1n) is 11.5. The van der Waals surface area contributed by atoms with Crippen molar-refractivity contribution in [3.8, 4) is 33.8 Å². The number of halogens is 2. The summed E-state index contributed by atoms with van der Waals surface area (Å²) in [6.07, 6.45) is 4.99. The summed E-state index contributed by atoms with van der Waals surface area (Å²) in [5.74, 6) is -0.666. The second-order valence-corrected chi connectivity index (χ2v) is 8.43.